The Bertz CT molecular complexity index is 821. The normalized spacial score (nSPS) is 11.5. The van der Waals surface area contributed by atoms with E-state index in [1.165, 1.54) is 11.1 Å². The molecule has 2 heterocycles. The van der Waals surface area contributed by atoms with Crippen LogP contribution in [0.2, 0.25) is 0 Å². The van der Waals surface area contributed by atoms with Gasteiger partial charge in [0.1, 0.15) is 0 Å². The van der Waals surface area contributed by atoms with Gasteiger partial charge >= 0.3 is 0 Å². The van der Waals surface area contributed by atoms with Crippen LogP contribution in [0.3, 0.4) is 0 Å². The molecule has 1 aromatic carbocycles. The van der Waals surface area contributed by atoms with Crippen LogP contribution in [0.5, 0.6) is 0 Å². The lowest BCUT2D eigenvalue weighted by Crippen LogP contribution is -2.07. The Morgan fingerprint density at radius 2 is 1.83 bits per heavy atom. The molecule has 0 unspecified atom stereocenters. The van der Waals surface area contributed by atoms with Crippen LogP contribution in [0.1, 0.15) is 30.9 Å². The Balaban J connectivity index is 1.80. The van der Waals surface area contributed by atoms with E-state index in [4.69, 9.17) is 9.97 Å². The van der Waals surface area contributed by atoms with Gasteiger partial charge in [-0.3, -0.25) is 4.98 Å². The Kier molecular flexibility index (Phi) is 4.71. The molecule has 0 bridgehead atoms. The smallest absolute Gasteiger partial charge is 0.168 e. The predicted molar refractivity (Wildman–Crippen MR) is 97.8 cm³/mol. The third kappa shape index (κ3) is 3.58. The van der Waals surface area contributed by atoms with Crippen molar-refractivity contribution in [2.75, 3.05) is 0 Å². The number of aromatic nitrogens is 3. The summed E-state index contributed by atoms with van der Waals surface area (Å²) >= 11 is 1.78. The largest absolute Gasteiger partial charge is 0.323 e. The number of pyridine rings is 1. The minimum absolute atomic E-state index is 0.612. The first-order valence-electron chi connectivity index (χ1n) is 8.06. The lowest BCUT2D eigenvalue weighted by atomic mass is 10.2. The van der Waals surface area contributed by atoms with E-state index in [-0.39, 0.29) is 0 Å². The summed E-state index contributed by atoms with van der Waals surface area (Å²) in [6.45, 7) is 9.75. The van der Waals surface area contributed by atoms with E-state index in [9.17, 15) is 0 Å². The molecule has 0 aliphatic rings. The molecule has 0 radical (unpaired) electrons. The Hall–Kier alpha value is -1.81. The molecule has 0 aliphatic heterocycles. The van der Waals surface area contributed by atoms with Gasteiger partial charge in [0, 0.05) is 23.4 Å². The van der Waals surface area contributed by atoms with Gasteiger partial charge in [-0.25, -0.2) is 4.98 Å². The van der Waals surface area contributed by atoms with Crippen molar-refractivity contribution in [2.45, 2.75) is 45.1 Å². The molecular weight excluding hydrogens is 302 g/mol. The van der Waals surface area contributed by atoms with Gasteiger partial charge in [0.05, 0.1) is 16.9 Å². The van der Waals surface area contributed by atoms with Crippen molar-refractivity contribution in [3.8, 4) is 0 Å². The van der Waals surface area contributed by atoms with Crippen LogP contribution >= 0.6 is 11.8 Å². The highest BCUT2D eigenvalue weighted by atomic mass is 32.2. The van der Waals surface area contributed by atoms with Crippen molar-refractivity contribution >= 4 is 22.7 Å². The summed E-state index contributed by atoms with van der Waals surface area (Å²) in [5, 5.41) is 2.29. The van der Waals surface area contributed by atoms with Crippen LogP contribution in [0.25, 0.3) is 10.9 Å². The quantitative estimate of drug-likeness (QED) is 0.619. The van der Waals surface area contributed by atoms with Crippen LogP contribution in [0.4, 0.5) is 0 Å². The number of benzene rings is 1. The Morgan fingerprint density at radius 1 is 1.04 bits per heavy atom. The summed E-state index contributed by atoms with van der Waals surface area (Å²) in [7, 11) is 0. The fraction of sp³-hybridized carbons (Fsp3) is 0.368. The molecule has 0 atom stereocenters. The topological polar surface area (TPSA) is 30.7 Å². The van der Waals surface area contributed by atoms with Crippen LogP contribution < -0.4 is 0 Å². The van der Waals surface area contributed by atoms with E-state index in [0.717, 1.165) is 34.4 Å². The molecule has 3 aromatic rings. The van der Waals surface area contributed by atoms with Gasteiger partial charge in [-0.2, -0.15) is 0 Å². The molecule has 0 N–H and O–H groups in total. The van der Waals surface area contributed by atoms with Crippen LogP contribution in [0.15, 0.2) is 41.6 Å². The van der Waals surface area contributed by atoms with E-state index in [2.05, 4.69) is 56.5 Å². The summed E-state index contributed by atoms with van der Waals surface area (Å²) in [5.41, 5.74) is 4.55. The van der Waals surface area contributed by atoms with Crippen LogP contribution in [-0.4, -0.2) is 14.5 Å². The first kappa shape index (κ1) is 16.1. The maximum absolute atomic E-state index is 4.75. The molecule has 3 rings (SSSR count). The van der Waals surface area contributed by atoms with Crippen molar-refractivity contribution in [1.29, 1.82) is 0 Å². The molecule has 3 nitrogen and oxygen atoms in total. The van der Waals surface area contributed by atoms with Gasteiger partial charge in [-0.15, -0.1) is 0 Å². The fourth-order valence-electron chi connectivity index (χ4n) is 2.64. The van der Waals surface area contributed by atoms with Gasteiger partial charge in [0.2, 0.25) is 0 Å². The number of fused-ring (bicyclic) bond motifs is 1. The molecule has 0 saturated heterocycles. The minimum atomic E-state index is 0.612. The van der Waals surface area contributed by atoms with Crippen molar-refractivity contribution in [1.82, 2.24) is 14.5 Å². The zero-order valence-electron chi connectivity index (χ0n) is 14.2. The number of para-hydroxylation sites is 1. The van der Waals surface area contributed by atoms with E-state index in [1.807, 2.05) is 12.1 Å². The maximum Gasteiger partial charge on any atom is 0.168 e. The molecule has 23 heavy (non-hydrogen) atoms. The number of nitrogens with zero attached hydrogens (tertiary/aromatic N) is 3. The number of thioether (sulfide) groups is 1. The van der Waals surface area contributed by atoms with Crippen molar-refractivity contribution in [3.63, 3.8) is 0 Å². The molecule has 0 aliphatic carbocycles. The Labute approximate surface area is 142 Å². The molecule has 0 spiro atoms. The molecule has 2 aromatic heterocycles. The van der Waals surface area contributed by atoms with E-state index in [0.29, 0.717) is 5.92 Å². The first-order chi connectivity index (χ1) is 11.0. The number of hydrogen-bond acceptors (Lipinski definition) is 3. The fourth-order valence-corrected chi connectivity index (χ4v) is 3.65. The van der Waals surface area contributed by atoms with Crippen LogP contribution in [0, 0.1) is 19.8 Å². The summed E-state index contributed by atoms with van der Waals surface area (Å²) in [5.74, 6) is 1.46. The highest BCUT2D eigenvalue weighted by molar-refractivity contribution is 7.98. The van der Waals surface area contributed by atoms with Gasteiger partial charge in [-0.05, 0) is 31.9 Å². The first-order valence-corrected chi connectivity index (χ1v) is 9.04. The lowest BCUT2D eigenvalue weighted by Gasteiger charge is -2.12. The van der Waals surface area contributed by atoms with Crippen molar-refractivity contribution < 1.29 is 0 Å². The summed E-state index contributed by atoms with van der Waals surface area (Å²) in [6, 6.07) is 12.5. The molecule has 0 amide bonds. The Morgan fingerprint density at radius 3 is 2.61 bits per heavy atom. The highest BCUT2D eigenvalue weighted by Gasteiger charge is 2.13. The van der Waals surface area contributed by atoms with Gasteiger partial charge in [0.15, 0.2) is 5.16 Å². The third-order valence-electron chi connectivity index (χ3n) is 3.98. The summed E-state index contributed by atoms with van der Waals surface area (Å²) < 4.78 is 2.34. The number of imidazole rings is 1. The van der Waals surface area contributed by atoms with E-state index < -0.39 is 0 Å². The van der Waals surface area contributed by atoms with Gasteiger partial charge in [0.25, 0.3) is 0 Å². The molecule has 4 heteroatoms. The zero-order valence-corrected chi connectivity index (χ0v) is 15.0. The SMILES string of the molecule is Cc1nc(SCc2ccc3ccccc3n2)n(CC(C)C)c1C. The minimum Gasteiger partial charge on any atom is -0.323 e. The van der Waals surface area contributed by atoms with Crippen molar-refractivity contribution in [3.05, 3.63) is 53.5 Å². The number of rotatable bonds is 5. The van der Waals surface area contributed by atoms with Gasteiger partial charge < -0.3 is 4.57 Å². The lowest BCUT2D eigenvalue weighted by molar-refractivity contribution is 0.486. The maximum atomic E-state index is 4.75. The zero-order chi connectivity index (χ0) is 16.4. The summed E-state index contributed by atoms with van der Waals surface area (Å²) in [6.07, 6.45) is 0. The standard InChI is InChI=1S/C19H23N3S/c1-13(2)11-22-15(4)14(3)20-19(22)23-12-17-10-9-16-7-5-6-8-18(16)21-17/h5-10,13H,11-12H2,1-4H3. The monoisotopic (exact) mass is 325 g/mol. The third-order valence-corrected chi connectivity index (χ3v) is 4.99. The number of hydrogen-bond donors (Lipinski definition) is 0. The molecule has 120 valence electrons. The second-order valence-corrected chi connectivity index (χ2v) is 7.30. The van der Waals surface area contributed by atoms with Crippen molar-refractivity contribution in [2.24, 2.45) is 5.92 Å². The predicted octanol–water partition coefficient (Wildman–Crippen LogP) is 5.00. The molecular formula is C19H23N3S. The van der Waals surface area contributed by atoms with E-state index in [1.54, 1.807) is 11.8 Å². The second kappa shape index (κ2) is 6.75. The molecule has 0 saturated carbocycles. The van der Waals surface area contributed by atoms with Gasteiger partial charge in [-0.1, -0.05) is 49.9 Å². The number of aryl methyl sites for hydroxylation is 1. The van der Waals surface area contributed by atoms with Crippen LogP contribution in [-0.2, 0) is 12.3 Å². The highest BCUT2D eigenvalue weighted by Crippen LogP contribution is 2.26. The average Bonchev–Trinajstić information content (AvgIpc) is 2.80. The second-order valence-electron chi connectivity index (χ2n) is 6.35. The molecule has 0 fully saturated rings. The van der Waals surface area contributed by atoms with E-state index >= 15 is 0 Å². The average molecular weight is 325 g/mol. The summed E-state index contributed by atoms with van der Waals surface area (Å²) in [4.78, 5) is 9.49.